The van der Waals surface area contributed by atoms with Gasteiger partial charge < -0.3 is 19.6 Å². The summed E-state index contributed by atoms with van der Waals surface area (Å²) in [6.45, 7) is 7.17. The van der Waals surface area contributed by atoms with Crippen LogP contribution in [-0.2, 0) is 14.3 Å². The molecule has 2 N–H and O–H groups in total. The molecule has 0 bridgehead atoms. The summed E-state index contributed by atoms with van der Waals surface area (Å²) in [5.74, 6) is -1.01. The van der Waals surface area contributed by atoms with Crippen LogP contribution in [0.2, 0.25) is 0 Å². The first kappa shape index (κ1) is 17.5. The molecule has 0 saturated carbocycles. The standard InChI is InChI=1S/C15H25N3O5/c1-15(2,3)23-14(22)18-8-6-17(7-9-18)12(19)10-4-5-11(16-10)13(20)21/h10-11,16H,4-9H2,1-3H3,(H,20,21)/t10-,11-/m0/s1. The number of piperazine rings is 1. The number of rotatable bonds is 2. The van der Waals surface area contributed by atoms with Crippen LogP contribution < -0.4 is 5.32 Å². The predicted molar refractivity (Wildman–Crippen MR) is 82.0 cm³/mol. The van der Waals surface area contributed by atoms with Crippen molar-refractivity contribution in [3.05, 3.63) is 0 Å². The summed E-state index contributed by atoms with van der Waals surface area (Å²) in [5.41, 5.74) is -0.538. The maximum Gasteiger partial charge on any atom is 0.410 e. The lowest BCUT2D eigenvalue weighted by molar-refractivity contribution is -0.139. The number of carbonyl (C=O) groups is 3. The molecule has 23 heavy (non-hydrogen) atoms. The minimum atomic E-state index is -0.921. The minimum Gasteiger partial charge on any atom is -0.480 e. The van der Waals surface area contributed by atoms with E-state index in [2.05, 4.69) is 5.32 Å². The topological polar surface area (TPSA) is 99.2 Å². The molecular formula is C15H25N3O5. The number of nitrogens with one attached hydrogen (secondary N) is 1. The molecule has 2 amide bonds. The van der Waals surface area contributed by atoms with Gasteiger partial charge in [0.05, 0.1) is 6.04 Å². The molecule has 0 aromatic carbocycles. The number of hydrogen-bond donors (Lipinski definition) is 2. The largest absolute Gasteiger partial charge is 0.480 e. The number of hydrogen-bond acceptors (Lipinski definition) is 5. The fourth-order valence-electron chi connectivity index (χ4n) is 2.79. The number of carboxylic acids is 1. The van der Waals surface area contributed by atoms with Gasteiger partial charge in [0.1, 0.15) is 11.6 Å². The van der Waals surface area contributed by atoms with Crippen LogP contribution in [0.1, 0.15) is 33.6 Å². The van der Waals surface area contributed by atoms with Crippen molar-refractivity contribution in [3.8, 4) is 0 Å². The molecule has 0 radical (unpaired) electrons. The van der Waals surface area contributed by atoms with E-state index in [1.165, 1.54) is 0 Å². The zero-order chi connectivity index (χ0) is 17.2. The van der Waals surface area contributed by atoms with E-state index in [9.17, 15) is 14.4 Å². The lowest BCUT2D eigenvalue weighted by Gasteiger charge is -2.36. The zero-order valence-electron chi connectivity index (χ0n) is 13.9. The number of carboxylic acid groups (broad SMARTS) is 1. The summed E-state index contributed by atoms with van der Waals surface area (Å²) >= 11 is 0. The molecule has 2 heterocycles. The Morgan fingerprint density at radius 1 is 1.00 bits per heavy atom. The zero-order valence-corrected chi connectivity index (χ0v) is 13.9. The Labute approximate surface area is 135 Å². The van der Waals surface area contributed by atoms with E-state index in [4.69, 9.17) is 9.84 Å². The molecule has 2 rings (SSSR count). The molecule has 2 aliphatic heterocycles. The molecule has 0 aromatic heterocycles. The van der Waals surface area contributed by atoms with Gasteiger partial charge in [0, 0.05) is 26.2 Å². The quantitative estimate of drug-likeness (QED) is 0.755. The SMILES string of the molecule is CC(C)(C)OC(=O)N1CCN(C(=O)[C@@H]2CC[C@@H](C(=O)O)N2)CC1. The van der Waals surface area contributed by atoms with Gasteiger partial charge in [-0.25, -0.2) is 4.79 Å². The van der Waals surface area contributed by atoms with Crippen molar-refractivity contribution in [1.29, 1.82) is 0 Å². The van der Waals surface area contributed by atoms with Crippen LogP contribution in [0.25, 0.3) is 0 Å². The van der Waals surface area contributed by atoms with Crippen LogP contribution in [0.15, 0.2) is 0 Å². The van der Waals surface area contributed by atoms with E-state index >= 15 is 0 Å². The third-order valence-electron chi connectivity index (χ3n) is 3.99. The van der Waals surface area contributed by atoms with Gasteiger partial charge in [0.15, 0.2) is 0 Å². The molecule has 8 heteroatoms. The van der Waals surface area contributed by atoms with E-state index < -0.39 is 23.7 Å². The Morgan fingerprint density at radius 3 is 2.00 bits per heavy atom. The van der Waals surface area contributed by atoms with Crippen molar-refractivity contribution in [1.82, 2.24) is 15.1 Å². The second kappa shape index (κ2) is 6.74. The van der Waals surface area contributed by atoms with E-state index in [1.807, 2.05) is 20.8 Å². The lowest BCUT2D eigenvalue weighted by Crippen LogP contribution is -2.55. The molecule has 130 valence electrons. The first-order chi connectivity index (χ1) is 10.7. The molecule has 2 aliphatic rings. The van der Waals surface area contributed by atoms with Crippen molar-refractivity contribution in [2.45, 2.75) is 51.3 Å². The minimum absolute atomic E-state index is 0.0856. The Hall–Kier alpha value is -1.83. The van der Waals surface area contributed by atoms with Gasteiger partial charge in [-0.05, 0) is 33.6 Å². The molecule has 2 atom stereocenters. The Kier molecular flexibility index (Phi) is 5.13. The molecular weight excluding hydrogens is 302 g/mol. The van der Waals surface area contributed by atoms with Crippen molar-refractivity contribution in [3.63, 3.8) is 0 Å². The van der Waals surface area contributed by atoms with Crippen LogP contribution in [0.4, 0.5) is 4.79 Å². The second-order valence-electron chi connectivity index (χ2n) is 6.98. The molecule has 0 aromatic rings. The predicted octanol–water partition coefficient (Wildman–Crippen LogP) is 0.271. The summed E-state index contributed by atoms with van der Waals surface area (Å²) in [6, 6.07) is -1.09. The van der Waals surface area contributed by atoms with E-state index in [0.717, 1.165) is 0 Å². The van der Waals surface area contributed by atoms with E-state index in [1.54, 1.807) is 9.80 Å². The third-order valence-corrected chi connectivity index (χ3v) is 3.99. The van der Waals surface area contributed by atoms with Gasteiger partial charge in [-0.3, -0.25) is 14.9 Å². The molecule has 2 saturated heterocycles. The van der Waals surface area contributed by atoms with Gasteiger partial charge in [0.25, 0.3) is 0 Å². The van der Waals surface area contributed by atoms with Crippen molar-refractivity contribution < 1.29 is 24.2 Å². The number of carbonyl (C=O) groups excluding carboxylic acids is 2. The normalized spacial score (nSPS) is 25.3. The fourth-order valence-corrected chi connectivity index (χ4v) is 2.79. The van der Waals surface area contributed by atoms with Gasteiger partial charge in [-0.15, -0.1) is 0 Å². The third kappa shape index (κ3) is 4.57. The summed E-state index contributed by atoms with van der Waals surface area (Å²) in [5, 5.41) is 11.8. The van der Waals surface area contributed by atoms with Crippen LogP contribution >= 0.6 is 0 Å². The summed E-state index contributed by atoms with van der Waals surface area (Å²) in [4.78, 5) is 38.6. The Morgan fingerprint density at radius 2 is 1.52 bits per heavy atom. The highest BCUT2D eigenvalue weighted by molar-refractivity contribution is 5.84. The first-order valence-corrected chi connectivity index (χ1v) is 7.93. The average molecular weight is 327 g/mol. The number of amides is 2. The van der Waals surface area contributed by atoms with Gasteiger partial charge >= 0.3 is 12.1 Å². The second-order valence-corrected chi connectivity index (χ2v) is 6.98. The Balaban J connectivity index is 1.81. The summed E-state index contributed by atoms with van der Waals surface area (Å²) in [6.07, 6.45) is 0.626. The fraction of sp³-hybridized carbons (Fsp3) is 0.800. The van der Waals surface area contributed by atoms with Gasteiger partial charge in [-0.1, -0.05) is 0 Å². The summed E-state index contributed by atoms with van der Waals surface area (Å²) < 4.78 is 5.32. The van der Waals surface area contributed by atoms with Crippen LogP contribution in [0.5, 0.6) is 0 Å². The number of nitrogens with zero attached hydrogens (tertiary/aromatic N) is 2. The van der Waals surface area contributed by atoms with E-state index in [0.29, 0.717) is 39.0 Å². The highest BCUT2D eigenvalue weighted by atomic mass is 16.6. The number of ether oxygens (including phenoxy) is 1. The Bertz CT molecular complexity index is 480. The van der Waals surface area contributed by atoms with Crippen LogP contribution in [0, 0.1) is 0 Å². The maximum absolute atomic E-state index is 12.4. The highest BCUT2D eigenvalue weighted by Gasteiger charge is 2.36. The summed E-state index contributed by atoms with van der Waals surface area (Å²) in [7, 11) is 0. The molecule has 2 fully saturated rings. The maximum atomic E-state index is 12.4. The smallest absolute Gasteiger partial charge is 0.410 e. The van der Waals surface area contributed by atoms with Gasteiger partial charge in [0.2, 0.25) is 5.91 Å². The van der Waals surface area contributed by atoms with Crippen molar-refractivity contribution >= 4 is 18.0 Å². The molecule has 8 nitrogen and oxygen atoms in total. The lowest BCUT2D eigenvalue weighted by atomic mass is 10.1. The van der Waals surface area contributed by atoms with E-state index in [-0.39, 0.29) is 12.0 Å². The molecule has 0 unspecified atom stereocenters. The van der Waals surface area contributed by atoms with Crippen LogP contribution in [-0.4, -0.2) is 76.7 Å². The van der Waals surface area contributed by atoms with Crippen molar-refractivity contribution in [2.24, 2.45) is 0 Å². The highest BCUT2D eigenvalue weighted by Crippen LogP contribution is 2.17. The molecule has 0 aliphatic carbocycles. The monoisotopic (exact) mass is 327 g/mol. The van der Waals surface area contributed by atoms with Crippen molar-refractivity contribution in [2.75, 3.05) is 26.2 Å². The first-order valence-electron chi connectivity index (χ1n) is 7.93. The van der Waals surface area contributed by atoms with Crippen LogP contribution in [0.3, 0.4) is 0 Å². The molecule has 0 spiro atoms. The average Bonchev–Trinajstić information content (AvgIpc) is 2.95. The van der Waals surface area contributed by atoms with Gasteiger partial charge in [-0.2, -0.15) is 0 Å². The number of aliphatic carboxylic acids is 1.